The van der Waals surface area contributed by atoms with Gasteiger partial charge in [-0.1, -0.05) is 78.9 Å². The van der Waals surface area contributed by atoms with Crippen LogP contribution in [-0.4, -0.2) is 9.97 Å². The summed E-state index contributed by atoms with van der Waals surface area (Å²) in [6.45, 7) is 0. The number of rotatable bonds is 3. The number of thiophene rings is 1. The maximum absolute atomic E-state index is 6.24. The van der Waals surface area contributed by atoms with E-state index in [0.717, 1.165) is 72.0 Å². The second-order valence-electron chi connectivity index (χ2n) is 11.4. The molecule has 0 radical (unpaired) electrons. The number of para-hydroxylation sites is 2. The fourth-order valence-electron chi connectivity index (χ4n) is 6.51. The van der Waals surface area contributed by atoms with Gasteiger partial charge in [-0.2, -0.15) is 0 Å². The zero-order valence-corrected chi connectivity index (χ0v) is 24.6. The van der Waals surface area contributed by atoms with E-state index in [1.807, 2.05) is 47.7 Å². The number of aromatic nitrogens is 2. The summed E-state index contributed by atoms with van der Waals surface area (Å²) in [6, 6.07) is 46.2. The molecule has 0 aliphatic carbocycles. The Morgan fingerprint density at radius 1 is 0.378 bits per heavy atom. The number of nitrogens with zero attached hydrogens (tertiary/aromatic N) is 2. The third kappa shape index (κ3) is 3.84. The first-order valence-corrected chi connectivity index (χ1v) is 15.7. The molecule has 0 spiro atoms. The van der Waals surface area contributed by atoms with Gasteiger partial charge >= 0.3 is 0 Å². The van der Waals surface area contributed by atoms with E-state index >= 15 is 0 Å². The topological polar surface area (TPSA) is 52.1 Å². The molecule has 0 bridgehead atoms. The number of fused-ring (bicyclic) bond motifs is 9. The quantitative estimate of drug-likeness (QED) is 0.204. The van der Waals surface area contributed by atoms with Crippen LogP contribution in [0.3, 0.4) is 0 Å². The van der Waals surface area contributed by atoms with E-state index < -0.39 is 0 Å². The molecule has 10 rings (SSSR count). The van der Waals surface area contributed by atoms with Crippen LogP contribution in [0.15, 0.2) is 142 Å². The molecule has 45 heavy (non-hydrogen) atoms. The Morgan fingerprint density at radius 2 is 0.867 bits per heavy atom. The first-order valence-electron chi connectivity index (χ1n) is 14.9. The molecule has 4 aromatic heterocycles. The molecule has 0 atom stereocenters. The lowest BCUT2D eigenvalue weighted by molar-refractivity contribution is 0.668. The fourth-order valence-corrected chi connectivity index (χ4v) is 7.65. The third-order valence-corrected chi connectivity index (χ3v) is 9.85. The van der Waals surface area contributed by atoms with Crippen LogP contribution in [0, 0.1) is 0 Å². The minimum absolute atomic E-state index is 0.644. The van der Waals surface area contributed by atoms with Crippen molar-refractivity contribution in [3.8, 4) is 33.9 Å². The van der Waals surface area contributed by atoms with Crippen molar-refractivity contribution in [2.24, 2.45) is 0 Å². The van der Waals surface area contributed by atoms with Gasteiger partial charge < -0.3 is 8.83 Å². The number of hydrogen-bond acceptors (Lipinski definition) is 5. The summed E-state index contributed by atoms with van der Waals surface area (Å²) < 4.78 is 15.0. The van der Waals surface area contributed by atoms with E-state index in [2.05, 4.69) is 97.1 Å². The summed E-state index contributed by atoms with van der Waals surface area (Å²) >= 11 is 1.81. The lowest BCUT2D eigenvalue weighted by Gasteiger charge is -2.10. The Kier molecular flexibility index (Phi) is 5.12. The van der Waals surface area contributed by atoms with E-state index in [0.29, 0.717) is 5.82 Å². The lowest BCUT2D eigenvalue weighted by atomic mass is 10.0. The molecule has 0 fully saturated rings. The zero-order valence-electron chi connectivity index (χ0n) is 23.8. The Morgan fingerprint density at radius 3 is 1.56 bits per heavy atom. The summed E-state index contributed by atoms with van der Waals surface area (Å²) in [5, 5.41) is 6.93. The summed E-state index contributed by atoms with van der Waals surface area (Å²) in [6.07, 6.45) is 0. The second kappa shape index (κ2) is 9.36. The predicted molar refractivity (Wildman–Crippen MR) is 186 cm³/mol. The van der Waals surface area contributed by atoms with E-state index in [9.17, 15) is 0 Å². The van der Waals surface area contributed by atoms with Crippen molar-refractivity contribution in [3.05, 3.63) is 133 Å². The highest BCUT2D eigenvalue weighted by Gasteiger charge is 2.16. The standard InChI is InChI=1S/C40H22N2O2S/c1-4-10-34-26(7-1)28-16-13-23(19-36(28)43-34)32-22-33(24-14-18-31-30-9-3-6-12-38(30)45-39(31)21-24)42-40(41-32)25-15-17-29-27-8-2-5-11-35(27)44-37(29)20-25/h1-22H. The Balaban J connectivity index is 1.18. The summed E-state index contributed by atoms with van der Waals surface area (Å²) in [4.78, 5) is 10.3. The van der Waals surface area contributed by atoms with Gasteiger partial charge in [0.15, 0.2) is 5.82 Å². The maximum atomic E-state index is 6.24. The van der Waals surface area contributed by atoms with Crippen molar-refractivity contribution < 1.29 is 8.83 Å². The third-order valence-electron chi connectivity index (χ3n) is 8.71. The van der Waals surface area contributed by atoms with Gasteiger partial charge in [-0.05, 0) is 54.6 Å². The van der Waals surface area contributed by atoms with Crippen molar-refractivity contribution in [2.75, 3.05) is 0 Å². The highest BCUT2D eigenvalue weighted by Crippen LogP contribution is 2.38. The molecule has 6 aromatic carbocycles. The van der Waals surface area contributed by atoms with Crippen molar-refractivity contribution in [3.63, 3.8) is 0 Å². The molecule has 4 heterocycles. The Bertz CT molecular complexity index is 2470. The molecule has 0 N–H and O–H groups in total. The lowest BCUT2D eigenvalue weighted by Crippen LogP contribution is -1.96. The summed E-state index contributed by atoms with van der Waals surface area (Å²) in [5.41, 5.74) is 8.03. The summed E-state index contributed by atoms with van der Waals surface area (Å²) in [5.74, 6) is 0.644. The van der Waals surface area contributed by atoms with Crippen LogP contribution in [0.2, 0.25) is 0 Å². The van der Waals surface area contributed by atoms with Crippen LogP contribution in [0.5, 0.6) is 0 Å². The van der Waals surface area contributed by atoms with E-state index in [1.54, 1.807) is 0 Å². The van der Waals surface area contributed by atoms with Crippen molar-refractivity contribution in [1.29, 1.82) is 0 Å². The highest BCUT2D eigenvalue weighted by molar-refractivity contribution is 7.25. The first-order chi connectivity index (χ1) is 22.2. The summed E-state index contributed by atoms with van der Waals surface area (Å²) in [7, 11) is 0. The molecule has 0 aliphatic rings. The van der Waals surface area contributed by atoms with Gasteiger partial charge in [-0.15, -0.1) is 11.3 Å². The van der Waals surface area contributed by atoms with Crippen LogP contribution < -0.4 is 0 Å². The van der Waals surface area contributed by atoms with Gasteiger partial charge in [0.25, 0.3) is 0 Å². The van der Waals surface area contributed by atoms with Gasteiger partial charge in [0, 0.05) is 58.4 Å². The molecule has 0 aliphatic heterocycles. The average molecular weight is 595 g/mol. The largest absolute Gasteiger partial charge is 0.456 e. The SMILES string of the molecule is c1ccc2c(c1)oc1cc(-c3cc(-c4ccc5c(c4)sc4ccccc45)nc(-c4ccc5c(c4)oc4ccccc45)n3)ccc12. The first kappa shape index (κ1) is 24.6. The smallest absolute Gasteiger partial charge is 0.160 e. The van der Waals surface area contributed by atoms with Crippen LogP contribution in [0.1, 0.15) is 0 Å². The number of furan rings is 2. The number of hydrogen-bond donors (Lipinski definition) is 0. The van der Waals surface area contributed by atoms with Crippen LogP contribution in [-0.2, 0) is 0 Å². The van der Waals surface area contributed by atoms with Gasteiger partial charge in [-0.25, -0.2) is 9.97 Å². The molecule has 5 heteroatoms. The molecular weight excluding hydrogens is 573 g/mol. The Hall–Kier alpha value is -5.78. The van der Waals surface area contributed by atoms with Crippen molar-refractivity contribution in [1.82, 2.24) is 9.97 Å². The van der Waals surface area contributed by atoms with Crippen molar-refractivity contribution >= 4 is 75.4 Å². The molecule has 210 valence electrons. The van der Waals surface area contributed by atoms with Crippen LogP contribution in [0.4, 0.5) is 0 Å². The van der Waals surface area contributed by atoms with Gasteiger partial charge in [0.1, 0.15) is 22.3 Å². The minimum atomic E-state index is 0.644. The molecule has 0 amide bonds. The molecule has 4 nitrogen and oxygen atoms in total. The van der Waals surface area contributed by atoms with E-state index in [1.165, 1.54) is 20.2 Å². The van der Waals surface area contributed by atoms with Gasteiger partial charge in [-0.3, -0.25) is 0 Å². The van der Waals surface area contributed by atoms with Gasteiger partial charge in [0.05, 0.1) is 11.4 Å². The normalized spacial score (nSPS) is 12.0. The Labute approximate surface area is 260 Å². The van der Waals surface area contributed by atoms with Crippen LogP contribution in [0.25, 0.3) is 98.0 Å². The maximum Gasteiger partial charge on any atom is 0.160 e. The highest BCUT2D eigenvalue weighted by atomic mass is 32.1. The molecule has 0 saturated heterocycles. The number of benzene rings is 6. The predicted octanol–water partition coefficient (Wildman–Crippen LogP) is 11.6. The van der Waals surface area contributed by atoms with Gasteiger partial charge in [0.2, 0.25) is 0 Å². The second-order valence-corrected chi connectivity index (χ2v) is 12.5. The molecule has 10 aromatic rings. The van der Waals surface area contributed by atoms with Crippen molar-refractivity contribution in [2.45, 2.75) is 0 Å². The van der Waals surface area contributed by atoms with Crippen LogP contribution >= 0.6 is 11.3 Å². The monoisotopic (exact) mass is 594 g/mol. The van der Waals surface area contributed by atoms with E-state index in [-0.39, 0.29) is 0 Å². The molecular formula is C40H22N2O2S. The minimum Gasteiger partial charge on any atom is -0.456 e. The molecule has 0 unspecified atom stereocenters. The molecule has 0 saturated carbocycles. The average Bonchev–Trinajstić information content (AvgIpc) is 3.78. The van der Waals surface area contributed by atoms with E-state index in [4.69, 9.17) is 18.8 Å². The fraction of sp³-hybridized carbons (Fsp3) is 0. The zero-order chi connectivity index (χ0) is 29.5.